The average Bonchev–Trinajstić information content (AvgIpc) is 2.12. The van der Waals surface area contributed by atoms with E-state index in [0.717, 1.165) is 12.8 Å². The molecule has 1 N–H and O–H groups in total. The lowest BCUT2D eigenvalue weighted by molar-refractivity contribution is -0.309. The van der Waals surface area contributed by atoms with Crippen LogP contribution in [0.25, 0.3) is 0 Å². The number of carboxylic acid groups (broad SMARTS) is 1. The summed E-state index contributed by atoms with van der Waals surface area (Å²) in [5, 5.41) is 19.5. The molecule has 1 rings (SSSR count). The molecule has 1 fully saturated rings. The van der Waals surface area contributed by atoms with Gasteiger partial charge in [-0.3, -0.25) is 0 Å². The number of hydrogen-bond acceptors (Lipinski definition) is 3. The lowest BCUT2D eigenvalue weighted by Crippen LogP contribution is -2.35. The Bertz CT molecular complexity index is 136. The molecule has 1 saturated carbocycles. The molecule has 1 aliphatic carbocycles. The molecule has 1 aliphatic rings. The molecule has 0 aromatic rings. The second-order valence-corrected chi connectivity index (χ2v) is 2.98. The Morgan fingerprint density at radius 1 is 1.50 bits per heavy atom. The summed E-state index contributed by atoms with van der Waals surface area (Å²) in [5.74, 6) is -1.15. The molecule has 3 nitrogen and oxygen atoms in total. The quantitative estimate of drug-likeness (QED) is 0.563. The molecule has 0 aromatic carbocycles. The van der Waals surface area contributed by atoms with Crippen molar-refractivity contribution in [3.05, 3.63) is 0 Å². The Hall–Kier alpha value is -0.570. The maximum Gasteiger partial charge on any atom is 0.0699 e. The predicted octanol–water partition coefficient (Wildman–Crippen LogP) is -0.569. The monoisotopic (exact) mass is 143 g/mol. The molecule has 0 bridgehead atoms. The Morgan fingerprint density at radius 2 is 2.00 bits per heavy atom. The van der Waals surface area contributed by atoms with Gasteiger partial charge in [-0.15, -0.1) is 0 Å². The highest BCUT2D eigenvalue weighted by atomic mass is 16.4. The van der Waals surface area contributed by atoms with E-state index in [4.69, 9.17) is 0 Å². The van der Waals surface area contributed by atoms with Crippen LogP contribution in [-0.4, -0.2) is 16.7 Å². The number of carboxylic acids is 1. The Morgan fingerprint density at radius 3 is 2.40 bits per heavy atom. The normalized spacial score (nSPS) is 22.9. The highest BCUT2D eigenvalue weighted by Gasteiger charge is 2.30. The summed E-state index contributed by atoms with van der Waals surface area (Å²) in [4.78, 5) is 10.1. The van der Waals surface area contributed by atoms with Crippen LogP contribution < -0.4 is 5.11 Å². The molecule has 58 valence electrons. The average molecular weight is 143 g/mol. The van der Waals surface area contributed by atoms with Crippen molar-refractivity contribution >= 4 is 5.97 Å². The third-order valence-corrected chi connectivity index (χ3v) is 2.01. The first kappa shape index (κ1) is 7.54. The molecule has 0 unspecified atom stereocenters. The van der Waals surface area contributed by atoms with E-state index in [2.05, 4.69) is 0 Å². The molecule has 0 aliphatic heterocycles. The highest BCUT2D eigenvalue weighted by molar-refractivity contribution is 5.65. The van der Waals surface area contributed by atoms with Crippen LogP contribution in [0.2, 0.25) is 0 Å². The van der Waals surface area contributed by atoms with E-state index in [1.54, 1.807) is 0 Å². The van der Waals surface area contributed by atoms with Crippen molar-refractivity contribution in [1.82, 2.24) is 0 Å². The summed E-state index contributed by atoms with van der Waals surface area (Å²) in [6.45, 7) is 0. The molecular formula is C7H11O3-. The zero-order valence-corrected chi connectivity index (χ0v) is 5.80. The largest absolute Gasteiger partial charge is 0.550 e. The van der Waals surface area contributed by atoms with Crippen molar-refractivity contribution in [3.63, 3.8) is 0 Å². The van der Waals surface area contributed by atoms with Crippen LogP contribution in [0.3, 0.4) is 0 Å². The van der Waals surface area contributed by atoms with E-state index in [1.807, 2.05) is 0 Å². The smallest absolute Gasteiger partial charge is 0.0699 e. The molecule has 0 amide bonds. The van der Waals surface area contributed by atoms with Crippen molar-refractivity contribution in [2.45, 2.75) is 37.7 Å². The Balaban J connectivity index is 2.43. The topological polar surface area (TPSA) is 60.4 Å². The zero-order chi connectivity index (χ0) is 7.61. The van der Waals surface area contributed by atoms with Gasteiger partial charge in [0, 0.05) is 12.4 Å². The molecular weight excluding hydrogens is 132 g/mol. The van der Waals surface area contributed by atoms with Crippen molar-refractivity contribution in [2.24, 2.45) is 0 Å². The third-order valence-electron chi connectivity index (χ3n) is 2.01. The number of carbonyl (C=O) groups excluding carboxylic acids is 1. The highest BCUT2D eigenvalue weighted by Crippen LogP contribution is 2.31. The standard InChI is InChI=1S/C7H12O3/c8-6(9)5-7(10)3-1-2-4-7/h10H,1-5H2,(H,8,9)/p-1. The summed E-state index contributed by atoms with van der Waals surface area (Å²) in [5.41, 5.74) is -0.946. The fourth-order valence-corrected chi connectivity index (χ4v) is 1.48. The molecule has 0 spiro atoms. The molecule has 0 saturated heterocycles. The van der Waals surface area contributed by atoms with E-state index < -0.39 is 11.6 Å². The fraction of sp³-hybridized carbons (Fsp3) is 0.857. The molecule has 0 radical (unpaired) electrons. The van der Waals surface area contributed by atoms with Gasteiger partial charge in [0.15, 0.2) is 0 Å². The van der Waals surface area contributed by atoms with E-state index in [-0.39, 0.29) is 6.42 Å². The van der Waals surface area contributed by atoms with Gasteiger partial charge in [0.25, 0.3) is 0 Å². The minimum Gasteiger partial charge on any atom is -0.550 e. The minimum absolute atomic E-state index is 0.201. The number of aliphatic hydroxyl groups is 1. The van der Waals surface area contributed by atoms with Crippen LogP contribution >= 0.6 is 0 Å². The van der Waals surface area contributed by atoms with Gasteiger partial charge in [0.05, 0.1) is 5.60 Å². The van der Waals surface area contributed by atoms with Gasteiger partial charge < -0.3 is 15.0 Å². The predicted molar refractivity (Wildman–Crippen MR) is 33.0 cm³/mol. The van der Waals surface area contributed by atoms with Crippen LogP contribution in [0.4, 0.5) is 0 Å². The second-order valence-electron chi connectivity index (χ2n) is 2.98. The number of hydrogen-bond donors (Lipinski definition) is 1. The lowest BCUT2D eigenvalue weighted by atomic mass is 9.98. The lowest BCUT2D eigenvalue weighted by Gasteiger charge is -2.21. The van der Waals surface area contributed by atoms with Crippen LogP contribution in [0.5, 0.6) is 0 Å². The first-order valence-electron chi connectivity index (χ1n) is 3.55. The van der Waals surface area contributed by atoms with Crippen molar-refractivity contribution < 1.29 is 15.0 Å². The Labute approximate surface area is 59.7 Å². The molecule has 10 heavy (non-hydrogen) atoms. The first-order valence-corrected chi connectivity index (χ1v) is 3.55. The number of rotatable bonds is 2. The van der Waals surface area contributed by atoms with Crippen molar-refractivity contribution in [2.75, 3.05) is 0 Å². The van der Waals surface area contributed by atoms with Crippen LogP contribution in [0.1, 0.15) is 32.1 Å². The van der Waals surface area contributed by atoms with E-state index in [1.165, 1.54) is 0 Å². The summed E-state index contributed by atoms with van der Waals surface area (Å²) < 4.78 is 0. The van der Waals surface area contributed by atoms with Gasteiger partial charge in [-0.25, -0.2) is 0 Å². The maximum absolute atomic E-state index is 10.1. The summed E-state index contributed by atoms with van der Waals surface area (Å²) in [6, 6.07) is 0. The second kappa shape index (κ2) is 2.58. The third kappa shape index (κ3) is 1.70. The fourth-order valence-electron chi connectivity index (χ4n) is 1.48. The van der Waals surface area contributed by atoms with Crippen LogP contribution in [0, 0.1) is 0 Å². The van der Waals surface area contributed by atoms with E-state index in [0.29, 0.717) is 12.8 Å². The maximum atomic E-state index is 10.1. The van der Waals surface area contributed by atoms with Gasteiger partial charge in [0.1, 0.15) is 0 Å². The van der Waals surface area contributed by atoms with Gasteiger partial charge in [0.2, 0.25) is 0 Å². The van der Waals surface area contributed by atoms with E-state index >= 15 is 0 Å². The molecule has 0 heterocycles. The van der Waals surface area contributed by atoms with Crippen molar-refractivity contribution in [3.8, 4) is 0 Å². The Kier molecular flexibility index (Phi) is 1.94. The first-order chi connectivity index (χ1) is 4.62. The van der Waals surface area contributed by atoms with Crippen molar-refractivity contribution in [1.29, 1.82) is 0 Å². The number of carbonyl (C=O) groups is 1. The van der Waals surface area contributed by atoms with Crippen LogP contribution in [-0.2, 0) is 4.79 Å². The van der Waals surface area contributed by atoms with Gasteiger partial charge >= 0.3 is 0 Å². The molecule has 3 heteroatoms. The molecule has 0 atom stereocenters. The molecule has 0 aromatic heterocycles. The van der Waals surface area contributed by atoms with Gasteiger partial charge in [-0.05, 0) is 12.8 Å². The summed E-state index contributed by atoms with van der Waals surface area (Å²) in [6.07, 6.45) is 2.89. The number of aliphatic carboxylic acids is 1. The summed E-state index contributed by atoms with van der Waals surface area (Å²) >= 11 is 0. The SMILES string of the molecule is O=C([O-])CC1(O)CCCC1. The minimum atomic E-state index is -1.15. The van der Waals surface area contributed by atoms with Crippen LogP contribution in [0.15, 0.2) is 0 Å². The van der Waals surface area contributed by atoms with Gasteiger partial charge in [-0.2, -0.15) is 0 Å². The van der Waals surface area contributed by atoms with Gasteiger partial charge in [-0.1, -0.05) is 12.8 Å². The zero-order valence-electron chi connectivity index (χ0n) is 5.80. The van der Waals surface area contributed by atoms with E-state index in [9.17, 15) is 15.0 Å². The summed E-state index contributed by atoms with van der Waals surface area (Å²) in [7, 11) is 0.